The van der Waals surface area contributed by atoms with Gasteiger partial charge in [0, 0.05) is 42.3 Å². The van der Waals surface area contributed by atoms with Crippen LogP contribution < -0.4 is 15.6 Å². The van der Waals surface area contributed by atoms with Crippen LogP contribution >= 0.6 is 0 Å². The molecule has 198 valence electrons. The molecule has 2 amide bonds. The SMILES string of the molecule is O=C1CCN(CC2=C(C(=O)N[C@H](c3cccc(F)c3)C3CC3=O)c3cccc(F)c3CN2c2ccccc2)N1. The van der Waals surface area contributed by atoms with Crippen molar-refractivity contribution >= 4 is 28.9 Å². The Bertz CT molecular complexity index is 1510. The van der Waals surface area contributed by atoms with E-state index in [0.29, 0.717) is 35.4 Å². The normalized spacial score (nSPS) is 19.5. The molecule has 3 aromatic carbocycles. The Balaban J connectivity index is 1.47. The highest BCUT2D eigenvalue weighted by Gasteiger charge is 2.44. The first-order valence-corrected chi connectivity index (χ1v) is 12.9. The van der Waals surface area contributed by atoms with Gasteiger partial charge in [-0.1, -0.05) is 42.5 Å². The Morgan fingerprint density at radius 2 is 1.79 bits per heavy atom. The Morgan fingerprint density at radius 3 is 2.49 bits per heavy atom. The van der Waals surface area contributed by atoms with Crippen molar-refractivity contribution in [3.8, 4) is 0 Å². The summed E-state index contributed by atoms with van der Waals surface area (Å²) in [4.78, 5) is 40.2. The molecule has 0 spiro atoms. The Hall–Kier alpha value is -4.37. The van der Waals surface area contributed by atoms with Crippen LogP contribution in [-0.2, 0) is 20.9 Å². The second kappa shape index (κ2) is 10.1. The zero-order valence-corrected chi connectivity index (χ0v) is 21.0. The highest BCUT2D eigenvalue weighted by Crippen LogP contribution is 2.40. The molecule has 3 aromatic rings. The summed E-state index contributed by atoms with van der Waals surface area (Å²) in [7, 11) is 0. The number of hydrogen-bond acceptors (Lipinski definition) is 5. The molecule has 0 radical (unpaired) electrons. The van der Waals surface area contributed by atoms with Crippen molar-refractivity contribution < 1.29 is 23.2 Å². The standard InChI is InChI=1S/C30H26F2N4O3/c31-19-7-4-6-18(14-19)29(22-15-26(22)37)33-30(39)28-21-10-5-11-24(32)23(21)16-36(20-8-2-1-3-9-20)25(28)17-35-13-12-27(38)34-35/h1-11,14,22,29H,12-13,15-17H2,(H,33,39)(H,34,38)/t22?,29-/m1/s1. The van der Waals surface area contributed by atoms with E-state index in [1.54, 1.807) is 29.3 Å². The van der Waals surface area contributed by atoms with Gasteiger partial charge in [0.2, 0.25) is 5.91 Å². The molecule has 1 saturated heterocycles. The van der Waals surface area contributed by atoms with Crippen molar-refractivity contribution in [3.63, 3.8) is 0 Å². The third-order valence-corrected chi connectivity index (χ3v) is 7.42. The fraction of sp³-hybridized carbons (Fsp3) is 0.233. The molecule has 1 aliphatic carbocycles. The summed E-state index contributed by atoms with van der Waals surface area (Å²) >= 11 is 0. The minimum Gasteiger partial charge on any atom is -0.344 e. The van der Waals surface area contributed by atoms with Gasteiger partial charge in [0.05, 0.1) is 24.7 Å². The maximum atomic E-state index is 15.2. The molecule has 1 unspecified atom stereocenters. The van der Waals surface area contributed by atoms with Gasteiger partial charge in [0.1, 0.15) is 17.4 Å². The topological polar surface area (TPSA) is 81.8 Å². The van der Waals surface area contributed by atoms with E-state index >= 15 is 4.39 Å². The van der Waals surface area contributed by atoms with Crippen molar-refractivity contribution in [3.05, 3.63) is 107 Å². The first-order chi connectivity index (χ1) is 18.9. The minimum absolute atomic E-state index is 0.0143. The predicted molar refractivity (Wildman–Crippen MR) is 141 cm³/mol. The number of Topliss-reactive ketones (excluding diaryl/α,β-unsaturated/α-hetero) is 1. The summed E-state index contributed by atoms with van der Waals surface area (Å²) in [5.41, 5.74) is 5.71. The van der Waals surface area contributed by atoms with Crippen molar-refractivity contribution in [2.75, 3.05) is 18.0 Å². The van der Waals surface area contributed by atoms with E-state index in [0.717, 1.165) is 5.69 Å². The lowest BCUT2D eigenvalue weighted by atomic mass is 9.90. The second-order valence-electron chi connectivity index (χ2n) is 10.00. The van der Waals surface area contributed by atoms with E-state index in [1.807, 2.05) is 35.2 Å². The van der Waals surface area contributed by atoms with Crippen molar-refractivity contribution in [2.24, 2.45) is 5.92 Å². The number of para-hydroxylation sites is 1. The molecule has 2 atom stereocenters. The lowest BCUT2D eigenvalue weighted by Crippen LogP contribution is -2.42. The molecule has 2 N–H and O–H groups in total. The number of nitrogens with one attached hydrogen (secondary N) is 2. The number of anilines is 1. The average Bonchev–Trinajstić information content (AvgIpc) is 3.51. The summed E-state index contributed by atoms with van der Waals surface area (Å²) < 4.78 is 29.3. The van der Waals surface area contributed by atoms with E-state index in [1.165, 1.54) is 18.2 Å². The average molecular weight is 529 g/mol. The maximum absolute atomic E-state index is 15.2. The van der Waals surface area contributed by atoms with Crippen LogP contribution in [-0.4, -0.2) is 35.7 Å². The molecule has 0 aromatic heterocycles. The zero-order chi connectivity index (χ0) is 27.1. The molecule has 9 heteroatoms. The summed E-state index contributed by atoms with van der Waals surface area (Å²) in [6.45, 7) is 0.846. The van der Waals surface area contributed by atoms with Gasteiger partial charge in [-0.25, -0.2) is 13.8 Å². The van der Waals surface area contributed by atoms with Crippen molar-refractivity contribution in [2.45, 2.75) is 25.4 Å². The number of hydrogen-bond donors (Lipinski definition) is 2. The lowest BCUT2D eigenvalue weighted by molar-refractivity contribution is -0.121. The number of fused-ring (bicyclic) bond motifs is 1. The fourth-order valence-corrected chi connectivity index (χ4v) is 5.39. The number of carbonyl (C=O) groups is 3. The van der Waals surface area contributed by atoms with E-state index in [2.05, 4.69) is 10.7 Å². The van der Waals surface area contributed by atoms with Gasteiger partial charge < -0.3 is 10.2 Å². The molecular formula is C30H26F2N4O3. The summed E-state index contributed by atoms with van der Waals surface area (Å²) in [5, 5.41) is 4.72. The van der Waals surface area contributed by atoms with Crippen LogP contribution in [0.25, 0.3) is 5.57 Å². The Kier molecular flexibility index (Phi) is 6.44. The lowest BCUT2D eigenvalue weighted by Gasteiger charge is -2.37. The van der Waals surface area contributed by atoms with E-state index < -0.39 is 29.5 Å². The molecule has 2 aliphatic heterocycles. The van der Waals surface area contributed by atoms with Gasteiger partial charge in [0.15, 0.2) is 0 Å². The van der Waals surface area contributed by atoms with Crippen LogP contribution in [0.15, 0.2) is 78.5 Å². The van der Waals surface area contributed by atoms with Gasteiger partial charge in [-0.3, -0.25) is 19.8 Å². The zero-order valence-electron chi connectivity index (χ0n) is 21.0. The number of hydrazine groups is 1. The van der Waals surface area contributed by atoms with Crippen LogP contribution in [0.2, 0.25) is 0 Å². The summed E-state index contributed by atoms with van der Waals surface area (Å²) in [5.74, 6) is -2.00. The molecule has 2 fully saturated rings. The van der Waals surface area contributed by atoms with Gasteiger partial charge >= 0.3 is 0 Å². The maximum Gasteiger partial charge on any atom is 0.254 e. The quantitative estimate of drug-likeness (QED) is 0.487. The van der Waals surface area contributed by atoms with Crippen LogP contribution in [0.3, 0.4) is 0 Å². The first kappa shape index (κ1) is 24.9. The highest BCUT2D eigenvalue weighted by atomic mass is 19.1. The second-order valence-corrected chi connectivity index (χ2v) is 10.00. The summed E-state index contributed by atoms with van der Waals surface area (Å²) in [6.07, 6.45) is 0.616. The molecule has 3 aliphatic rings. The number of rotatable bonds is 7. The van der Waals surface area contributed by atoms with E-state index in [4.69, 9.17) is 0 Å². The number of benzene rings is 3. The monoisotopic (exact) mass is 528 g/mol. The van der Waals surface area contributed by atoms with Crippen LogP contribution in [0.5, 0.6) is 0 Å². The van der Waals surface area contributed by atoms with Crippen LogP contribution in [0.4, 0.5) is 14.5 Å². The number of amides is 2. The largest absolute Gasteiger partial charge is 0.344 e. The molecular weight excluding hydrogens is 502 g/mol. The smallest absolute Gasteiger partial charge is 0.254 e. The van der Waals surface area contributed by atoms with E-state index in [9.17, 15) is 18.8 Å². The number of carbonyl (C=O) groups excluding carboxylic acids is 3. The van der Waals surface area contributed by atoms with E-state index in [-0.39, 0.29) is 36.8 Å². The molecule has 2 heterocycles. The third kappa shape index (κ3) is 4.93. The fourth-order valence-electron chi connectivity index (χ4n) is 5.39. The number of halogens is 2. The highest BCUT2D eigenvalue weighted by molar-refractivity contribution is 6.22. The Morgan fingerprint density at radius 1 is 1.03 bits per heavy atom. The predicted octanol–water partition coefficient (Wildman–Crippen LogP) is 3.88. The van der Waals surface area contributed by atoms with Gasteiger partial charge in [0.25, 0.3) is 5.91 Å². The number of nitrogens with zero attached hydrogens (tertiary/aromatic N) is 2. The van der Waals surface area contributed by atoms with Crippen LogP contribution in [0.1, 0.15) is 35.6 Å². The number of ketones is 1. The molecule has 0 bridgehead atoms. The minimum atomic E-state index is -0.731. The van der Waals surface area contributed by atoms with Gasteiger partial charge in [-0.2, -0.15) is 0 Å². The molecule has 7 nitrogen and oxygen atoms in total. The van der Waals surface area contributed by atoms with Gasteiger partial charge in [-0.15, -0.1) is 0 Å². The van der Waals surface area contributed by atoms with Crippen molar-refractivity contribution in [1.82, 2.24) is 15.8 Å². The van der Waals surface area contributed by atoms with Gasteiger partial charge in [-0.05, 0) is 41.5 Å². The Labute approximate surface area is 224 Å². The first-order valence-electron chi connectivity index (χ1n) is 12.9. The molecule has 39 heavy (non-hydrogen) atoms. The van der Waals surface area contributed by atoms with Crippen LogP contribution in [0, 0.1) is 17.6 Å². The molecule has 6 rings (SSSR count). The molecule has 1 saturated carbocycles. The summed E-state index contributed by atoms with van der Waals surface area (Å²) in [6, 6.07) is 19.1. The third-order valence-electron chi connectivity index (χ3n) is 7.42. The van der Waals surface area contributed by atoms with Crippen molar-refractivity contribution in [1.29, 1.82) is 0 Å².